The highest BCUT2D eigenvalue weighted by molar-refractivity contribution is 7.89. The minimum atomic E-state index is -4.36. The van der Waals surface area contributed by atoms with E-state index in [0.29, 0.717) is 5.56 Å². The third kappa shape index (κ3) is 5.71. The van der Waals surface area contributed by atoms with Crippen molar-refractivity contribution >= 4 is 50.9 Å². The Morgan fingerprint density at radius 1 is 1.02 bits per heavy atom. The summed E-state index contributed by atoms with van der Waals surface area (Å²) < 4.78 is 29.6. The van der Waals surface area contributed by atoms with Crippen LogP contribution >= 0.6 is 23.2 Å². The third-order valence-electron chi connectivity index (χ3n) is 7.32. The van der Waals surface area contributed by atoms with E-state index in [0.717, 1.165) is 4.31 Å². The lowest BCUT2D eigenvalue weighted by Crippen LogP contribution is -2.76. The molecule has 1 aromatic carbocycles. The number of amides is 3. The molecule has 0 bridgehead atoms. The highest BCUT2D eigenvalue weighted by Gasteiger charge is 2.54. The molecule has 0 radical (unpaired) electrons. The second-order valence-corrected chi connectivity index (χ2v) is 13.0. The minimum absolute atomic E-state index is 0.0700. The van der Waals surface area contributed by atoms with Gasteiger partial charge in [0.15, 0.2) is 0 Å². The summed E-state index contributed by atoms with van der Waals surface area (Å²) in [6.07, 6.45) is 5.05. The summed E-state index contributed by atoms with van der Waals surface area (Å²) in [7, 11) is -4.36. The first kappa shape index (κ1) is 29.9. The number of aromatic nitrogens is 2. The van der Waals surface area contributed by atoms with Crippen LogP contribution in [0, 0.1) is 0 Å². The quantitative estimate of drug-likeness (QED) is 0.424. The molecule has 2 aliphatic rings. The van der Waals surface area contributed by atoms with Crippen molar-refractivity contribution < 1.29 is 22.8 Å². The zero-order chi connectivity index (χ0) is 30.2. The van der Waals surface area contributed by atoms with E-state index in [-0.39, 0.29) is 52.0 Å². The largest absolute Gasteiger partial charge is 0.339 e. The summed E-state index contributed by atoms with van der Waals surface area (Å²) in [6.45, 7) is 3.20. The fourth-order valence-electron chi connectivity index (χ4n) is 5.27. The summed E-state index contributed by atoms with van der Waals surface area (Å²) in [5.41, 5.74) is 0.875. The van der Waals surface area contributed by atoms with Crippen LogP contribution in [-0.2, 0) is 26.0 Å². The van der Waals surface area contributed by atoms with Gasteiger partial charge in [-0.05, 0) is 55.8 Å². The van der Waals surface area contributed by atoms with Crippen LogP contribution in [0.5, 0.6) is 0 Å². The predicted octanol–water partition coefficient (Wildman–Crippen LogP) is 2.60. The summed E-state index contributed by atoms with van der Waals surface area (Å²) in [5, 5.41) is 2.82. The summed E-state index contributed by atoms with van der Waals surface area (Å²) in [4.78, 5) is 51.8. The molecule has 0 spiro atoms. The molecule has 3 unspecified atom stereocenters. The first-order valence-electron chi connectivity index (χ1n) is 13.2. The van der Waals surface area contributed by atoms with E-state index >= 15 is 0 Å². The second-order valence-electron chi connectivity index (χ2n) is 10.3. The molecule has 3 atom stereocenters. The topological polar surface area (TPSA) is 133 Å². The zero-order valence-electron chi connectivity index (χ0n) is 22.7. The van der Waals surface area contributed by atoms with Gasteiger partial charge in [-0.15, -0.1) is 0 Å². The molecule has 4 heterocycles. The van der Waals surface area contributed by atoms with Crippen LogP contribution in [0.2, 0.25) is 10.0 Å². The van der Waals surface area contributed by atoms with Crippen LogP contribution < -0.4 is 5.32 Å². The smallest absolute Gasteiger partial charge is 0.253 e. The lowest BCUT2D eigenvalue weighted by atomic mass is 9.97. The number of pyridine rings is 2. The number of carbonyl (C=O) groups excluding carboxylic acids is 3. The summed E-state index contributed by atoms with van der Waals surface area (Å²) in [5.74, 6) is -1.52. The minimum Gasteiger partial charge on any atom is -0.339 e. The SMILES string of the molecule is CC(C)N1CC2N(C(=O)C(NC(=O)c3cccnc3)CN2S(=O)(=O)c2ccc(Cl)cc2Cl)C(Cc2cccnc2)C1=O. The normalized spacial score (nSPS) is 21.4. The van der Waals surface area contributed by atoms with Gasteiger partial charge in [0.1, 0.15) is 23.1 Å². The highest BCUT2D eigenvalue weighted by Crippen LogP contribution is 2.35. The molecule has 220 valence electrons. The maximum absolute atomic E-state index is 14.2. The molecule has 2 aliphatic heterocycles. The van der Waals surface area contributed by atoms with Gasteiger partial charge < -0.3 is 15.1 Å². The molecule has 3 aromatic rings. The number of nitrogens with zero attached hydrogens (tertiary/aromatic N) is 5. The van der Waals surface area contributed by atoms with E-state index in [1.54, 1.807) is 35.5 Å². The number of hydrogen-bond acceptors (Lipinski definition) is 7. The Kier molecular flexibility index (Phi) is 8.51. The van der Waals surface area contributed by atoms with E-state index in [1.165, 1.54) is 41.6 Å². The van der Waals surface area contributed by atoms with Crippen molar-refractivity contribution in [1.29, 1.82) is 0 Å². The van der Waals surface area contributed by atoms with Gasteiger partial charge in [-0.3, -0.25) is 24.4 Å². The molecule has 11 nitrogen and oxygen atoms in total. The van der Waals surface area contributed by atoms with E-state index in [2.05, 4.69) is 15.3 Å². The fraction of sp³-hybridized carbons (Fsp3) is 0.321. The van der Waals surface area contributed by atoms with Gasteiger partial charge in [0, 0.05) is 48.8 Å². The van der Waals surface area contributed by atoms with E-state index in [9.17, 15) is 22.8 Å². The van der Waals surface area contributed by atoms with Gasteiger partial charge in [0.2, 0.25) is 21.8 Å². The monoisotopic (exact) mass is 630 g/mol. The predicted molar refractivity (Wildman–Crippen MR) is 155 cm³/mol. The van der Waals surface area contributed by atoms with Crippen LogP contribution in [0.25, 0.3) is 0 Å². The van der Waals surface area contributed by atoms with E-state index < -0.39 is 40.1 Å². The number of nitrogens with one attached hydrogen (secondary N) is 1. The Bertz CT molecular complexity index is 1610. The van der Waals surface area contributed by atoms with Crippen molar-refractivity contribution in [1.82, 2.24) is 29.4 Å². The van der Waals surface area contributed by atoms with Crippen molar-refractivity contribution in [3.8, 4) is 0 Å². The number of rotatable bonds is 7. The molecular weight excluding hydrogens is 603 g/mol. The standard InChI is InChI=1S/C28H28Cl2N6O5S/c1-17(2)34-16-25-35(42(40,41)24-8-7-20(29)12-21(24)30)15-22(33-26(37)19-6-4-10-32-14-19)27(38)36(25)23(28(34)39)11-18-5-3-9-31-13-18/h3-10,12-14,17,22-23,25H,11,15-16H2,1-2H3,(H,33,37). The van der Waals surface area contributed by atoms with Crippen LogP contribution in [0.15, 0.2) is 72.1 Å². The fourth-order valence-corrected chi connectivity index (χ4v) is 7.60. The highest BCUT2D eigenvalue weighted by atomic mass is 35.5. The van der Waals surface area contributed by atoms with Crippen LogP contribution in [0.3, 0.4) is 0 Å². The molecule has 0 saturated carbocycles. The van der Waals surface area contributed by atoms with Gasteiger partial charge in [0.05, 0.1) is 17.1 Å². The Morgan fingerprint density at radius 3 is 2.36 bits per heavy atom. The first-order chi connectivity index (χ1) is 20.0. The zero-order valence-corrected chi connectivity index (χ0v) is 25.1. The van der Waals surface area contributed by atoms with Gasteiger partial charge in [-0.25, -0.2) is 8.42 Å². The van der Waals surface area contributed by atoms with Crippen molar-refractivity contribution in [2.45, 2.75) is 49.5 Å². The average molecular weight is 632 g/mol. The average Bonchev–Trinajstić information content (AvgIpc) is 2.96. The molecule has 14 heteroatoms. The molecular formula is C28H28Cl2N6O5S. The number of hydrogen-bond donors (Lipinski definition) is 1. The molecule has 0 aliphatic carbocycles. The maximum atomic E-state index is 14.2. The van der Waals surface area contributed by atoms with Crippen molar-refractivity contribution in [2.24, 2.45) is 0 Å². The molecule has 2 aromatic heterocycles. The lowest BCUT2D eigenvalue weighted by Gasteiger charge is -2.54. The van der Waals surface area contributed by atoms with Gasteiger partial charge in [0.25, 0.3) is 5.91 Å². The second kappa shape index (κ2) is 12.0. The number of halogens is 2. The summed E-state index contributed by atoms with van der Waals surface area (Å²) in [6, 6.07) is 7.98. The Morgan fingerprint density at radius 2 is 1.74 bits per heavy atom. The molecule has 42 heavy (non-hydrogen) atoms. The molecule has 2 fully saturated rings. The number of benzene rings is 1. The number of piperazine rings is 1. The number of carbonyl (C=O) groups is 3. The Balaban J connectivity index is 1.61. The number of sulfonamides is 1. The lowest BCUT2D eigenvalue weighted by molar-refractivity contribution is -0.168. The van der Waals surface area contributed by atoms with E-state index in [1.807, 2.05) is 13.8 Å². The number of fused-ring (bicyclic) bond motifs is 1. The Hall–Kier alpha value is -3.58. The van der Waals surface area contributed by atoms with Crippen molar-refractivity contribution in [3.63, 3.8) is 0 Å². The Labute approximate surface area is 253 Å². The van der Waals surface area contributed by atoms with Crippen molar-refractivity contribution in [2.75, 3.05) is 13.1 Å². The van der Waals surface area contributed by atoms with Gasteiger partial charge in [-0.1, -0.05) is 29.3 Å². The summed E-state index contributed by atoms with van der Waals surface area (Å²) >= 11 is 12.4. The molecule has 3 amide bonds. The first-order valence-corrected chi connectivity index (χ1v) is 15.4. The van der Waals surface area contributed by atoms with Gasteiger partial charge >= 0.3 is 0 Å². The maximum Gasteiger partial charge on any atom is 0.253 e. The molecule has 5 rings (SSSR count). The van der Waals surface area contributed by atoms with Crippen LogP contribution in [0.4, 0.5) is 0 Å². The van der Waals surface area contributed by atoms with E-state index in [4.69, 9.17) is 23.2 Å². The third-order valence-corrected chi connectivity index (χ3v) is 9.90. The van der Waals surface area contributed by atoms with Crippen LogP contribution in [0.1, 0.15) is 29.8 Å². The molecule has 2 saturated heterocycles. The van der Waals surface area contributed by atoms with Crippen molar-refractivity contribution in [3.05, 3.63) is 88.4 Å². The van der Waals surface area contributed by atoms with Crippen LogP contribution in [-0.4, -0.2) is 87.6 Å². The van der Waals surface area contributed by atoms with Gasteiger partial charge in [-0.2, -0.15) is 4.31 Å². The molecule has 1 N–H and O–H groups in total.